The molecule has 0 saturated carbocycles. The second-order valence-electron chi connectivity index (χ2n) is 7.32. The Hall–Kier alpha value is -1.88. The molecule has 28 heavy (non-hydrogen) atoms. The van der Waals surface area contributed by atoms with Crippen molar-refractivity contribution in [1.29, 1.82) is 0 Å². The summed E-state index contributed by atoms with van der Waals surface area (Å²) in [5, 5.41) is 9.23. The summed E-state index contributed by atoms with van der Waals surface area (Å²) in [5.74, 6) is 0.387. The minimum atomic E-state index is 0.358. The van der Waals surface area contributed by atoms with Crippen LogP contribution in [-0.4, -0.2) is 15.8 Å². The van der Waals surface area contributed by atoms with Crippen molar-refractivity contribution >= 4 is 27.5 Å². The van der Waals surface area contributed by atoms with Crippen LogP contribution in [0, 0.1) is 13.8 Å². The summed E-state index contributed by atoms with van der Waals surface area (Å²) in [7, 11) is 0. The zero-order valence-corrected chi connectivity index (χ0v) is 18.3. The van der Waals surface area contributed by atoms with Gasteiger partial charge >= 0.3 is 0 Å². The Balaban J connectivity index is 1.48. The Morgan fingerprint density at radius 1 is 1.14 bits per heavy atom. The topological polar surface area (TPSA) is 29.9 Å². The van der Waals surface area contributed by atoms with E-state index in [1.807, 2.05) is 30.3 Å². The molecule has 0 aliphatic heterocycles. The van der Waals surface area contributed by atoms with E-state index in [2.05, 4.69) is 70.1 Å². The molecule has 4 rings (SSSR count). The molecule has 2 atom stereocenters. The molecule has 1 aromatic heterocycles. The molecule has 0 fully saturated rings. The van der Waals surface area contributed by atoms with Gasteiger partial charge in [0.25, 0.3) is 0 Å². The lowest BCUT2D eigenvalue weighted by Crippen LogP contribution is -2.25. The van der Waals surface area contributed by atoms with Crippen LogP contribution in [0.5, 0.6) is 0 Å². The number of rotatable bonds is 5. The van der Waals surface area contributed by atoms with Crippen molar-refractivity contribution < 1.29 is 0 Å². The lowest BCUT2D eigenvalue weighted by atomic mass is 9.96. The lowest BCUT2D eigenvalue weighted by molar-refractivity contribution is 0.559. The summed E-state index contributed by atoms with van der Waals surface area (Å²) in [6.45, 7) is 5.09. The third-order valence-corrected chi connectivity index (χ3v) is 6.04. The smallest absolute Gasteiger partial charge is 0.0660 e. The molecule has 0 amide bonds. The van der Waals surface area contributed by atoms with Crippen molar-refractivity contribution in [3.8, 4) is 5.69 Å². The highest BCUT2D eigenvalue weighted by atomic mass is 79.9. The quantitative estimate of drug-likeness (QED) is 0.470. The molecular formula is C23H23BrClN3. The highest BCUT2D eigenvalue weighted by Gasteiger charge is 2.26. The largest absolute Gasteiger partial charge is 0.306 e. The minimum Gasteiger partial charge on any atom is -0.306 e. The van der Waals surface area contributed by atoms with E-state index in [1.54, 1.807) is 0 Å². The zero-order chi connectivity index (χ0) is 19.7. The van der Waals surface area contributed by atoms with Gasteiger partial charge in [-0.15, -0.1) is 0 Å². The summed E-state index contributed by atoms with van der Waals surface area (Å²) >= 11 is 9.64. The number of aromatic nitrogens is 2. The number of halogens is 2. The van der Waals surface area contributed by atoms with Crippen LogP contribution in [0.1, 0.15) is 34.9 Å². The fourth-order valence-electron chi connectivity index (χ4n) is 4.01. The number of aryl methyl sites for hydroxylation is 1. The second kappa shape index (κ2) is 8.24. The van der Waals surface area contributed by atoms with E-state index in [4.69, 9.17) is 16.7 Å². The number of benzene rings is 2. The molecule has 1 heterocycles. The van der Waals surface area contributed by atoms with Gasteiger partial charge in [0.15, 0.2) is 0 Å². The third-order valence-electron chi connectivity index (χ3n) is 5.31. The first kappa shape index (κ1) is 19.4. The van der Waals surface area contributed by atoms with Crippen LogP contribution < -0.4 is 5.32 Å². The molecule has 0 bridgehead atoms. The predicted molar refractivity (Wildman–Crippen MR) is 119 cm³/mol. The molecule has 5 heteroatoms. The SMILES string of the molecule is Cc1nn(-c2cccc(Br)c2)c(C)c1[C@H]1C=C[C@@H](NCc2cccc(Cl)c2)C1. The Bertz CT molecular complexity index is 1020. The van der Waals surface area contributed by atoms with Crippen LogP contribution in [0.3, 0.4) is 0 Å². The van der Waals surface area contributed by atoms with E-state index in [0.717, 1.165) is 33.8 Å². The molecule has 1 aliphatic rings. The van der Waals surface area contributed by atoms with E-state index in [1.165, 1.54) is 16.8 Å². The normalized spacial score (nSPS) is 18.7. The Morgan fingerprint density at radius 2 is 1.96 bits per heavy atom. The average Bonchev–Trinajstić information content (AvgIpc) is 3.24. The molecule has 0 radical (unpaired) electrons. The molecule has 3 aromatic rings. The van der Waals surface area contributed by atoms with Gasteiger partial charge in [0.1, 0.15) is 0 Å². The van der Waals surface area contributed by atoms with Crippen LogP contribution >= 0.6 is 27.5 Å². The van der Waals surface area contributed by atoms with Crippen molar-refractivity contribution in [2.75, 3.05) is 0 Å². The van der Waals surface area contributed by atoms with Crippen molar-refractivity contribution in [3.05, 3.63) is 92.7 Å². The summed E-state index contributed by atoms with van der Waals surface area (Å²) in [6.07, 6.45) is 5.65. The molecule has 1 aliphatic carbocycles. The van der Waals surface area contributed by atoms with Gasteiger partial charge in [0, 0.05) is 39.3 Å². The van der Waals surface area contributed by atoms with Gasteiger partial charge in [-0.05, 0) is 56.2 Å². The fourth-order valence-corrected chi connectivity index (χ4v) is 4.61. The lowest BCUT2D eigenvalue weighted by Gasteiger charge is -2.15. The number of nitrogens with zero attached hydrogens (tertiary/aromatic N) is 2. The Kier molecular flexibility index (Phi) is 5.72. The van der Waals surface area contributed by atoms with Gasteiger partial charge in [-0.25, -0.2) is 4.68 Å². The third kappa shape index (κ3) is 4.09. The summed E-state index contributed by atoms with van der Waals surface area (Å²) in [4.78, 5) is 0. The zero-order valence-electron chi connectivity index (χ0n) is 16.0. The fraction of sp³-hybridized carbons (Fsp3) is 0.261. The standard InChI is InChI=1S/C23H23BrClN3/c1-15-23(16(2)28(27-15)22-8-4-6-19(24)13-22)18-9-10-21(12-18)26-14-17-5-3-7-20(25)11-17/h3-11,13,18,21,26H,12,14H2,1-2H3/t18-,21+/m0/s1. The van der Waals surface area contributed by atoms with Gasteiger partial charge in [0.2, 0.25) is 0 Å². The van der Waals surface area contributed by atoms with E-state index in [-0.39, 0.29) is 0 Å². The molecule has 144 valence electrons. The second-order valence-corrected chi connectivity index (χ2v) is 8.67. The minimum absolute atomic E-state index is 0.358. The van der Waals surface area contributed by atoms with Crippen molar-refractivity contribution in [2.45, 2.75) is 38.8 Å². The molecule has 0 spiro atoms. The van der Waals surface area contributed by atoms with Crippen LogP contribution in [0.4, 0.5) is 0 Å². The van der Waals surface area contributed by atoms with Crippen LogP contribution in [0.15, 0.2) is 65.2 Å². The van der Waals surface area contributed by atoms with Crippen LogP contribution in [0.25, 0.3) is 5.69 Å². The highest BCUT2D eigenvalue weighted by molar-refractivity contribution is 9.10. The van der Waals surface area contributed by atoms with Crippen LogP contribution in [-0.2, 0) is 6.54 Å². The van der Waals surface area contributed by atoms with E-state index in [0.29, 0.717) is 12.0 Å². The molecule has 2 aromatic carbocycles. The molecule has 1 N–H and O–H groups in total. The molecule has 0 saturated heterocycles. The highest BCUT2D eigenvalue weighted by Crippen LogP contribution is 2.34. The maximum Gasteiger partial charge on any atom is 0.0660 e. The van der Waals surface area contributed by atoms with Gasteiger partial charge in [0.05, 0.1) is 11.4 Å². The summed E-state index contributed by atoms with van der Waals surface area (Å²) < 4.78 is 3.11. The first-order valence-electron chi connectivity index (χ1n) is 9.49. The molecular weight excluding hydrogens is 434 g/mol. The van der Waals surface area contributed by atoms with E-state index >= 15 is 0 Å². The van der Waals surface area contributed by atoms with Gasteiger partial charge in [-0.1, -0.05) is 57.9 Å². The summed E-state index contributed by atoms with van der Waals surface area (Å²) in [5.41, 5.74) is 5.93. The van der Waals surface area contributed by atoms with Gasteiger partial charge in [-0.3, -0.25) is 0 Å². The maximum atomic E-state index is 6.09. The van der Waals surface area contributed by atoms with E-state index in [9.17, 15) is 0 Å². The van der Waals surface area contributed by atoms with Crippen molar-refractivity contribution in [1.82, 2.24) is 15.1 Å². The molecule has 3 nitrogen and oxygen atoms in total. The number of allylic oxidation sites excluding steroid dienone is 1. The molecule has 0 unspecified atom stereocenters. The summed E-state index contributed by atoms with van der Waals surface area (Å²) in [6, 6.07) is 16.6. The Morgan fingerprint density at radius 3 is 2.75 bits per heavy atom. The van der Waals surface area contributed by atoms with Crippen LogP contribution in [0.2, 0.25) is 5.02 Å². The van der Waals surface area contributed by atoms with Gasteiger partial charge in [-0.2, -0.15) is 5.10 Å². The van der Waals surface area contributed by atoms with E-state index < -0.39 is 0 Å². The van der Waals surface area contributed by atoms with Crippen molar-refractivity contribution in [3.63, 3.8) is 0 Å². The predicted octanol–water partition coefficient (Wildman–Crippen LogP) is 6.11. The number of hydrogen-bond acceptors (Lipinski definition) is 2. The average molecular weight is 457 g/mol. The first-order chi connectivity index (χ1) is 13.5. The number of nitrogens with one attached hydrogen (secondary N) is 1. The first-order valence-corrected chi connectivity index (χ1v) is 10.7. The van der Waals surface area contributed by atoms with Crippen molar-refractivity contribution in [2.24, 2.45) is 0 Å². The Labute approximate surface area is 179 Å². The maximum absolute atomic E-state index is 6.09. The monoisotopic (exact) mass is 455 g/mol. The van der Waals surface area contributed by atoms with Gasteiger partial charge < -0.3 is 5.32 Å². The number of hydrogen-bond donors (Lipinski definition) is 1.